The lowest BCUT2D eigenvalue weighted by Gasteiger charge is -2.37. The first-order valence-electron chi connectivity index (χ1n) is 18.4. The highest BCUT2D eigenvalue weighted by molar-refractivity contribution is 6.36. The Labute approximate surface area is 325 Å². The number of carbonyl (C=O) groups is 2. The molecule has 1 saturated carbocycles. The molecule has 284 valence electrons. The summed E-state index contributed by atoms with van der Waals surface area (Å²) in [6.45, 7) is 3.59. The standard InChI is InChI=1S/C41H45Cl2N5O6/c1-47-16-17-48(23-35(47)41(50)51)22-26-19-33(42)40(46-39(26)53-3)54-36-15-13-29-28(6-4-7-30(29)36)31-8-5-9-32(37(31)43)34-14-11-25(38(45-34)52-2)21-44-20-24-10-12-27(49)18-24/h4-9,11,14,19,24,35-36,44H,10,12-13,15-18,20-23H2,1-3H3,(H,50,51)/t24-,35?,36+/m1/s1. The van der Waals surface area contributed by atoms with Crippen LogP contribution in [0.25, 0.3) is 22.4 Å². The third-order valence-corrected chi connectivity index (χ3v) is 11.5. The van der Waals surface area contributed by atoms with Gasteiger partial charge in [-0.15, -0.1) is 0 Å². The van der Waals surface area contributed by atoms with Gasteiger partial charge in [-0.1, -0.05) is 65.7 Å². The highest BCUT2D eigenvalue weighted by Crippen LogP contribution is 2.45. The van der Waals surface area contributed by atoms with Crippen LogP contribution in [0.3, 0.4) is 0 Å². The number of likely N-dealkylation sites (N-methyl/N-ethyl adjacent to an activating group) is 1. The van der Waals surface area contributed by atoms with Gasteiger partial charge in [0.05, 0.1) is 24.9 Å². The Morgan fingerprint density at radius 2 is 1.69 bits per heavy atom. The first kappa shape index (κ1) is 38.0. The van der Waals surface area contributed by atoms with Crippen LogP contribution in [0, 0.1) is 5.92 Å². The normalized spacial score (nSPS) is 20.2. The quantitative estimate of drug-likeness (QED) is 0.148. The summed E-state index contributed by atoms with van der Waals surface area (Å²) in [5.74, 6) is 1.11. The van der Waals surface area contributed by atoms with E-state index in [9.17, 15) is 14.7 Å². The van der Waals surface area contributed by atoms with E-state index in [0.29, 0.717) is 84.8 Å². The van der Waals surface area contributed by atoms with Crippen LogP contribution in [0.15, 0.2) is 54.6 Å². The second-order valence-electron chi connectivity index (χ2n) is 14.3. The molecule has 2 fully saturated rings. The Hall–Kier alpha value is -4.26. The number of fused-ring (bicyclic) bond motifs is 1. The molecule has 3 heterocycles. The van der Waals surface area contributed by atoms with Gasteiger partial charge in [0.25, 0.3) is 0 Å². The van der Waals surface area contributed by atoms with Gasteiger partial charge in [0.15, 0.2) is 0 Å². The number of Topliss-reactive ketones (excluding diaryl/α,β-unsaturated/α-hetero) is 1. The molecule has 2 N–H and O–H groups in total. The number of methoxy groups -OCH3 is 2. The van der Waals surface area contributed by atoms with Gasteiger partial charge in [-0.25, -0.2) is 4.98 Å². The lowest BCUT2D eigenvalue weighted by molar-refractivity contribution is -0.145. The van der Waals surface area contributed by atoms with E-state index in [4.69, 9.17) is 42.4 Å². The van der Waals surface area contributed by atoms with Crippen LogP contribution in [0.5, 0.6) is 17.6 Å². The van der Waals surface area contributed by atoms with Crippen LogP contribution >= 0.6 is 23.2 Å². The molecule has 4 aromatic rings. The molecule has 2 aromatic heterocycles. The van der Waals surface area contributed by atoms with Gasteiger partial charge >= 0.3 is 5.97 Å². The molecule has 0 spiro atoms. The molecular weight excluding hydrogens is 729 g/mol. The zero-order valence-electron chi connectivity index (χ0n) is 30.7. The van der Waals surface area contributed by atoms with Crippen molar-refractivity contribution in [2.45, 2.75) is 57.3 Å². The van der Waals surface area contributed by atoms with Gasteiger partial charge in [-0.2, -0.15) is 4.98 Å². The van der Waals surface area contributed by atoms with Crippen LogP contribution in [0.4, 0.5) is 0 Å². The molecule has 0 radical (unpaired) electrons. The number of pyridine rings is 2. The van der Waals surface area contributed by atoms with E-state index in [1.54, 1.807) is 20.3 Å². The van der Waals surface area contributed by atoms with Crippen molar-refractivity contribution in [3.05, 3.63) is 86.9 Å². The number of halogens is 2. The third kappa shape index (κ3) is 8.06. The van der Waals surface area contributed by atoms with Crippen molar-refractivity contribution in [2.75, 3.05) is 47.4 Å². The molecule has 11 nitrogen and oxygen atoms in total. The van der Waals surface area contributed by atoms with E-state index in [1.165, 1.54) is 0 Å². The number of ether oxygens (including phenoxy) is 3. The summed E-state index contributed by atoms with van der Waals surface area (Å²) in [7, 11) is 5.01. The number of hydrogen-bond acceptors (Lipinski definition) is 10. The SMILES string of the molecule is COc1nc(-c2cccc(-c3cccc4c3CC[C@@H]4Oc3nc(OC)c(CN4CCN(C)C(C(=O)O)C4)cc3Cl)c2Cl)ccc1CNC[C@@H]1CCC(=O)C1. The molecule has 13 heteroatoms. The van der Waals surface area contributed by atoms with Crippen molar-refractivity contribution in [1.82, 2.24) is 25.1 Å². The van der Waals surface area contributed by atoms with Gasteiger partial charge in [0.2, 0.25) is 17.6 Å². The van der Waals surface area contributed by atoms with E-state index in [1.807, 2.05) is 48.3 Å². The van der Waals surface area contributed by atoms with Gasteiger partial charge in [-0.3, -0.25) is 19.4 Å². The maximum absolute atomic E-state index is 11.8. The van der Waals surface area contributed by atoms with Crippen molar-refractivity contribution >= 4 is 35.0 Å². The minimum Gasteiger partial charge on any atom is -0.481 e. The fourth-order valence-corrected chi connectivity index (χ4v) is 8.46. The summed E-state index contributed by atoms with van der Waals surface area (Å²) in [6.07, 6.45) is 3.51. The van der Waals surface area contributed by atoms with E-state index >= 15 is 0 Å². The average molecular weight is 775 g/mol. The van der Waals surface area contributed by atoms with Crippen LogP contribution in [-0.2, 0) is 29.1 Å². The molecule has 2 aromatic carbocycles. The molecule has 1 unspecified atom stereocenters. The Balaban J connectivity index is 1.08. The molecule has 3 atom stereocenters. The number of benzene rings is 2. The summed E-state index contributed by atoms with van der Waals surface area (Å²) in [4.78, 5) is 36.9. The summed E-state index contributed by atoms with van der Waals surface area (Å²) in [6, 6.07) is 17.4. The Bertz CT molecular complexity index is 2050. The van der Waals surface area contributed by atoms with E-state index in [2.05, 4.69) is 27.3 Å². The van der Waals surface area contributed by atoms with Gasteiger partial charge < -0.3 is 24.6 Å². The van der Waals surface area contributed by atoms with Crippen LogP contribution in [0.2, 0.25) is 10.0 Å². The molecule has 1 saturated heterocycles. The molecule has 3 aliphatic rings. The van der Waals surface area contributed by atoms with Crippen molar-refractivity contribution in [3.8, 4) is 40.0 Å². The number of carboxylic acid groups (broad SMARTS) is 1. The van der Waals surface area contributed by atoms with Gasteiger partial charge in [0, 0.05) is 67.8 Å². The maximum atomic E-state index is 11.8. The van der Waals surface area contributed by atoms with E-state index in [0.717, 1.165) is 64.8 Å². The lowest BCUT2D eigenvalue weighted by Crippen LogP contribution is -2.54. The van der Waals surface area contributed by atoms with Crippen LogP contribution in [-0.4, -0.2) is 90.1 Å². The lowest BCUT2D eigenvalue weighted by atomic mass is 9.94. The molecule has 0 bridgehead atoms. The number of hydrogen-bond donors (Lipinski definition) is 2. The molecule has 7 rings (SSSR count). The molecule has 1 aliphatic heterocycles. The number of nitrogens with one attached hydrogen (secondary N) is 1. The van der Waals surface area contributed by atoms with Gasteiger partial charge in [0.1, 0.15) is 23.0 Å². The number of nitrogens with zero attached hydrogens (tertiary/aromatic N) is 4. The van der Waals surface area contributed by atoms with Crippen molar-refractivity contribution in [2.24, 2.45) is 5.92 Å². The molecular formula is C41H45Cl2N5O6. The van der Waals surface area contributed by atoms with Crippen LogP contribution < -0.4 is 19.5 Å². The van der Waals surface area contributed by atoms with Crippen LogP contribution in [0.1, 0.15) is 54.0 Å². The van der Waals surface area contributed by atoms with Crippen molar-refractivity contribution in [3.63, 3.8) is 0 Å². The first-order valence-corrected chi connectivity index (χ1v) is 19.1. The summed E-state index contributed by atoms with van der Waals surface area (Å²) >= 11 is 14.0. The third-order valence-electron chi connectivity index (χ3n) is 10.9. The monoisotopic (exact) mass is 773 g/mol. The number of aromatic nitrogens is 2. The highest BCUT2D eigenvalue weighted by Gasteiger charge is 2.32. The summed E-state index contributed by atoms with van der Waals surface area (Å²) in [5.41, 5.74) is 7.36. The predicted molar refractivity (Wildman–Crippen MR) is 208 cm³/mol. The number of aliphatic carboxylic acids is 1. The highest BCUT2D eigenvalue weighted by atomic mass is 35.5. The number of piperazine rings is 1. The molecule has 2 aliphatic carbocycles. The number of carboxylic acids is 1. The van der Waals surface area contributed by atoms with Crippen molar-refractivity contribution < 1.29 is 28.9 Å². The Morgan fingerprint density at radius 3 is 2.44 bits per heavy atom. The summed E-state index contributed by atoms with van der Waals surface area (Å²) in [5, 5.41) is 14.1. The zero-order chi connectivity index (χ0) is 37.9. The second-order valence-corrected chi connectivity index (χ2v) is 15.1. The van der Waals surface area contributed by atoms with Gasteiger partial charge in [-0.05, 0) is 67.6 Å². The fourth-order valence-electron chi connectivity index (χ4n) is 7.92. The van der Waals surface area contributed by atoms with E-state index < -0.39 is 12.0 Å². The minimum atomic E-state index is -0.841. The van der Waals surface area contributed by atoms with E-state index in [-0.39, 0.29) is 12.0 Å². The molecule has 0 amide bonds. The Kier molecular flexibility index (Phi) is 11.7. The minimum absolute atomic E-state index is 0.280. The Morgan fingerprint density at radius 1 is 0.926 bits per heavy atom. The average Bonchev–Trinajstić information content (AvgIpc) is 3.78. The zero-order valence-corrected chi connectivity index (χ0v) is 32.3. The number of carbonyl (C=O) groups excluding carboxylic acids is 1. The smallest absolute Gasteiger partial charge is 0.322 e. The molecule has 54 heavy (non-hydrogen) atoms. The number of rotatable bonds is 13. The topological polar surface area (TPSA) is 126 Å². The number of ketones is 1. The summed E-state index contributed by atoms with van der Waals surface area (Å²) < 4.78 is 17.9. The first-order chi connectivity index (χ1) is 26.1. The largest absolute Gasteiger partial charge is 0.481 e. The predicted octanol–water partition coefficient (Wildman–Crippen LogP) is 6.86. The second kappa shape index (κ2) is 16.6. The maximum Gasteiger partial charge on any atom is 0.322 e. The van der Waals surface area contributed by atoms with Crippen molar-refractivity contribution in [1.29, 1.82) is 0 Å². The fraction of sp³-hybridized carbons (Fsp3) is 0.415.